The summed E-state index contributed by atoms with van der Waals surface area (Å²) in [6.45, 7) is 5.28. The van der Waals surface area contributed by atoms with Crippen LogP contribution in [0.2, 0.25) is 0 Å². The van der Waals surface area contributed by atoms with Crippen molar-refractivity contribution in [3.63, 3.8) is 0 Å². The Labute approximate surface area is 121 Å². The maximum Gasteiger partial charge on any atom is 0.317 e. The van der Waals surface area contributed by atoms with Gasteiger partial charge in [0.05, 0.1) is 0 Å². The van der Waals surface area contributed by atoms with Gasteiger partial charge in [0.15, 0.2) is 0 Å². The molecule has 0 aromatic carbocycles. The molecule has 1 atom stereocenters. The minimum atomic E-state index is -0.777. The van der Waals surface area contributed by atoms with E-state index in [1.165, 1.54) is 19.3 Å². The van der Waals surface area contributed by atoms with Crippen molar-refractivity contribution < 1.29 is 14.7 Å². The molecule has 1 aliphatic carbocycles. The molecule has 1 saturated carbocycles. The number of carbonyl (C=O) groups is 2. The summed E-state index contributed by atoms with van der Waals surface area (Å²) in [6.07, 6.45) is 6.68. The Hall–Kier alpha value is -1.26. The van der Waals surface area contributed by atoms with E-state index in [0.717, 1.165) is 19.4 Å². The summed E-state index contributed by atoms with van der Waals surface area (Å²) < 4.78 is 0. The molecule has 1 fully saturated rings. The number of aliphatic carboxylic acids is 1. The number of carboxylic acid groups (broad SMARTS) is 1. The summed E-state index contributed by atoms with van der Waals surface area (Å²) in [7, 11) is 0. The zero-order valence-corrected chi connectivity index (χ0v) is 12.7. The van der Waals surface area contributed by atoms with E-state index in [1.807, 2.05) is 18.7 Å². The first-order chi connectivity index (χ1) is 9.54. The van der Waals surface area contributed by atoms with Crippen LogP contribution >= 0.6 is 0 Å². The van der Waals surface area contributed by atoms with E-state index >= 15 is 0 Å². The van der Waals surface area contributed by atoms with E-state index in [9.17, 15) is 9.59 Å². The van der Waals surface area contributed by atoms with Crippen molar-refractivity contribution in [3.05, 3.63) is 0 Å². The van der Waals surface area contributed by atoms with Gasteiger partial charge >= 0.3 is 12.0 Å². The van der Waals surface area contributed by atoms with Crippen LogP contribution in [0.25, 0.3) is 0 Å². The Morgan fingerprint density at radius 3 is 2.50 bits per heavy atom. The average Bonchev–Trinajstić information content (AvgIpc) is 2.45. The monoisotopic (exact) mass is 284 g/mol. The molecule has 1 rings (SSSR count). The molecule has 0 aliphatic heterocycles. The quantitative estimate of drug-likeness (QED) is 0.755. The van der Waals surface area contributed by atoms with Crippen molar-refractivity contribution >= 4 is 12.0 Å². The molecule has 5 nitrogen and oxygen atoms in total. The number of carboxylic acids is 1. The van der Waals surface area contributed by atoms with Gasteiger partial charge in [-0.25, -0.2) is 4.79 Å². The smallest absolute Gasteiger partial charge is 0.317 e. The van der Waals surface area contributed by atoms with Crippen molar-refractivity contribution in [2.45, 2.75) is 64.8 Å². The number of hydrogen-bond acceptors (Lipinski definition) is 2. The third kappa shape index (κ3) is 5.80. The fourth-order valence-corrected chi connectivity index (χ4v) is 2.80. The second kappa shape index (κ2) is 8.82. The number of nitrogens with one attached hydrogen (secondary N) is 1. The second-order valence-corrected chi connectivity index (χ2v) is 5.80. The van der Waals surface area contributed by atoms with Crippen LogP contribution < -0.4 is 5.32 Å². The molecule has 2 N–H and O–H groups in total. The van der Waals surface area contributed by atoms with E-state index in [2.05, 4.69) is 5.32 Å². The first-order valence-electron chi connectivity index (χ1n) is 7.80. The lowest BCUT2D eigenvalue weighted by Gasteiger charge is -2.33. The van der Waals surface area contributed by atoms with E-state index in [1.54, 1.807) is 0 Å². The highest BCUT2D eigenvalue weighted by Crippen LogP contribution is 2.22. The van der Waals surface area contributed by atoms with Crippen molar-refractivity contribution in [2.75, 3.05) is 13.1 Å². The fourth-order valence-electron chi connectivity index (χ4n) is 2.80. The summed E-state index contributed by atoms with van der Waals surface area (Å²) in [5.74, 6) is -0.583. The molecule has 1 unspecified atom stereocenters. The summed E-state index contributed by atoms with van der Waals surface area (Å²) in [6, 6.07) is 0.379. The molecule has 0 radical (unpaired) electrons. The minimum Gasteiger partial charge on any atom is -0.481 e. The molecular weight excluding hydrogens is 256 g/mol. The van der Waals surface area contributed by atoms with E-state index in [4.69, 9.17) is 5.11 Å². The Morgan fingerprint density at radius 2 is 1.95 bits per heavy atom. The van der Waals surface area contributed by atoms with Crippen LogP contribution in [0.5, 0.6) is 0 Å². The first-order valence-corrected chi connectivity index (χ1v) is 7.80. The van der Waals surface area contributed by atoms with Gasteiger partial charge in [-0.2, -0.15) is 0 Å². The fraction of sp³-hybridized carbons (Fsp3) is 0.867. The van der Waals surface area contributed by atoms with Gasteiger partial charge in [-0.3, -0.25) is 4.79 Å². The molecule has 1 aliphatic rings. The van der Waals surface area contributed by atoms with Crippen LogP contribution in [0, 0.1) is 5.92 Å². The van der Waals surface area contributed by atoms with Gasteiger partial charge < -0.3 is 15.3 Å². The topological polar surface area (TPSA) is 69.6 Å². The molecule has 5 heteroatoms. The van der Waals surface area contributed by atoms with Gasteiger partial charge in [-0.15, -0.1) is 0 Å². The van der Waals surface area contributed by atoms with Crippen LogP contribution in [0.15, 0.2) is 0 Å². The zero-order chi connectivity index (χ0) is 15.0. The molecule has 0 saturated heterocycles. The molecule has 0 heterocycles. The number of amides is 2. The molecular formula is C15H28N2O3. The Balaban J connectivity index is 2.33. The largest absolute Gasteiger partial charge is 0.481 e. The van der Waals surface area contributed by atoms with Gasteiger partial charge in [-0.05, 0) is 32.1 Å². The van der Waals surface area contributed by atoms with Gasteiger partial charge in [0, 0.05) is 25.6 Å². The van der Waals surface area contributed by atoms with Crippen molar-refractivity contribution in [2.24, 2.45) is 5.92 Å². The van der Waals surface area contributed by atoms with Crippen LogP contribution in [-0.2, 0) is 4.79 Å². The molecule has 116 valence electrons. The second-order valence-electron chi connectivity index (χ2n) is 5.80. The number of rotatable bonds is 7. The molecule has 0 spiro atoms. The van der Waals surface area contributed by atoms with Gasteiger partial charge in [0.1, 0.15) is 0 Å². The van der Waals surface area contributed by atoms with Gasteiger partial charge in [-0.1, -0.05) is 26.2 Å². The third-order valence-electron chi connectivity index (χ3n) is 4.07. The minimum absolute atomic E-state index is 0.00146. The maximum atomic E-state index is 12.2. The standard InChI is InChI=1S/C15H28N2O3/c1-3-17(13-7-5-4-6-8-13)15(20)16-11-12(2)9-10-14(18)19/h12-13H,3-11H2,1-2H3,(H,16,20)(H,18,19). The predicted octanol–water partition coefficient (Wildman–Crippen LogP) is 2.85. The lowest BCUT2D eigenvalue weighted by Crippen LogP contribution is -2.47. The van der Waals surface area contributed by atoms with E-state index in [-0.39, 0.29) is 18.4 Å². The van der Waals surface area contributed by atoms with Crippen molar-refractivity contribution in [1.29, 1.82) is 0 Å². The molecule has 0 aromatic rings. The molecule has 2 amide bonds. The summed E-state index contributed by atoms with van der Waals surface area (Å²) in [5.41, 5.74) is 0. The van der Waals surface area contributed by atoms with Crippen LogP contribution in [-0.4, -0.2) is 41.1 Å². The van der Waals surface area contributed by atoms with E-state index < -0.39 is 5.97 Å². The molecule has 20 heavy (non-hydrogen) atoms. The van der Waals surface area contributed by atoms with Crippen molar-refractivity contribution in [3.8, 4) is 0 Å². The summed E-state index contributed by atoms with van der Waals surface area (Å²) in [4.78, 5) is 24.7. The zero-order valence-electron chi connectivity index (χ0n) is 12.7. The number of hydrogen-bond donors (Lipinski definition) is 2. The van der Waals surface area contributed by atoms with E-state index in [0.29, 0.717) is 19.0 Å². The highest BCUT2D eigenvalue weighted by Gasteiger charge is 2.24. The highest BCUT2D eigenvalue weighted by atomic mass is 16.4. The predicted molar refractivity (Wildman–Crippen MR) is 78.7 cm³/mol. The lowest BCUT2D eigenvalue weighted by molar-refractivity contribution is -0.137. The first kappa shape index (κ1) is 16.8. The maximum absolute atomic E-state index is 12.2. The molecule has 0 bridgehead atoms. The van der Waals surface area contributed by atoms with Crippen molar-refractivity contribution in [1.82, 2.24) is 10.2 Å². The Bertz CT molecular complexity index is 314. The normalized spacial score (nSPS) is 17.5. The summed E-state index contributed by atoms with van der Waals surface area (Å²) in [5, 5.41) is 11.6. The average molecular weight is 284 g/mol. The Kier molecular flexibility index (Phi) is 7.41. The SMILES string of the molecule is CCN(C(=O)NCC(C)CCC(=O)O)C1CCCCC1. The van der Waals surface area contributed by atoms with Crippen LogP contribution in [0.3, 0.4) is 0 Å². The lowest BCUT2D eigenvalue weighted by atomic mass is 9.94. The number of urea groups is 1. The van der Waals surface area contributed by atoms with Crippen LogP contribution in [0.4, 0.5) is 4.79 Å². The number of carbonyl (C=O) groups excluding carboxylic acids is 1. The third-order valence-corrected chi connectivity index (χ3v) is 4.07. The van der Waals surface area contributed by atoms with Crippen LogP contribution in [0.1, 0.15) is 58.8 Å². The van der Waals surface area contributed by atoms with Gasteiger partial charge in [0.2, 0.25) is 0 Å². The molecule has 0 aromatic heterocycles. The number of nitrogens with zero attached hydrogens (tertiary/aromatic N) is 1. The Morgan fingerprint density at radius 1 is 1.30 bits per heavy atom. The van der Waals surface area contributed by atoms with Gasteiger partial charge in [0.25, 0.3) is 0 Å². The summed E-state index contributed by atoms with van der Waals surface area (Å²) >= 11 is 0. The highest BCUT2D eigenvalue weighted by molar-refractivity contribution is 5.74.